The second-order valence-corrected chi connectivity index (χ2v) is 2.73. The first-order valence-corrected chi connectivity index (χ1v) is 6.32. The van der Waals surface area contributed by atoms with Crippen molar-refractivity contribution in [2.24, 2.45) is 0 Å². The van der Waals surface area contributed by atoms with E-state index in [2.05, 4.69) is 6.58 Å². The van der Waals surface area contributed by atoms with Crippen LogP contribution in [0.3, 0.4) is 0 Å². The summed E-state index contributed by atoms with van der Waals surface area (Å²) in [6.07, 6.45) is 2.53. The lowest BCUT2D eigenvalue weighted by molar-refractivity contribution is 0.316. The molecular weight excluding hydrogens is 215 g/mol. The molecule has 1 aromatic rings. The molecule has 0 bridgehead atoms. The van der Waals surface area contributed by atoms with Crippen LogP contribution in [-0.2, 0) is 0 Å². The van der Waals surface area contributed by atoms with Gasteiger partial charge >= 0.3 is 0 Å². The third kappa shape index (κ3) is 7.56. The fourth-order valence-corrected chi connectivity index (χ4v) is 1.02. The smallest absolute Gasteiger partial charge is 0.126 e. The van der Waals surface area contributed by atoms with E-state index in [1.807, 2.05) is 34.6 Å². The van der Waals surface area contributed by atoms with Crippen LogP contribution in [0, 0.1) is 5.82 Å². The molecule has 1 rings (SSSR count). The summed E-state index contributed by atoms with van der Waals surface area (Å²) in [7, 11) is 0. The van der Waals surface area contributed by atoms with E-state index in [0.717, 1.165) is 6.42 Å². The number of hydrogen-bond acceptors (Lipinski definition) is 1. The average molecular weight is 240 g/mol. The molecule has 0 saturated carbocycles. The minimum absolute atomic E-state index is 0.265. The zero-order valence-electron chi connectivity index (χ0n) is 11.7. The molecule has 0 heterocycles. The lowest BCUT2D eigenvalue weighted by Gasteiger charge is -2.07. The standard InChI is InChI=1S/C11H13FO.2C2H6/c1-3-7-13-11-6-5-10(12)8-9(11)4-2;2*1-2/h4-6,8H,2-3,7H2,1H3;2*1-2H3. The summed E-state index contributed by atoms with van der Waals surface area (Å²) in [4.78, 5) is 0. The quantitative estimate of drug-likeness (QED) is 0.693. The van der Waals surface area contributed by atoms with E-state index in [-0.39, 0.29) is 5.82 Å². The zero-order valence-corrected chi connectivity index (χ0v) is 11.7. The van der Waals surface area contributed by atoms with Gasteiger partial charge in [-0.2, -0.15) is 0 Å². The molecule has 0 aliphatic heterocycles. The monoisotopic (exact) mass is 240 g/mol. The molecule has 0 N–H and O–H groups in total. The van der Waals surface area contributed by atoms with Gasteiger partial charge in [-0.15, -0.1) is 0 Å². The maximum Gasteiger partial charge on any atom is 0.126 e. The highest BCUT2D eigenvalue weighted by Gasteiger charge is 2.00. The van der Waals surface area contributed by atoms with E-state index in [0.29, 0.717) is 17.9 Å². The van der Waals surface area contributed by atoms with E-state index >= 15 is 0 Å². The van der Waals surface area contributed by atoms with Crippen molar-refractivity contribution in [3.8, 4) is 5.75 Å². The van der Waals surface area contributed by atoms with Gasteiger partial charge in [0.2, 0.25) is 0 Å². The van der Waals surface area contributed by atoms with Gasteiger partial charge in [-0.05, 0) is 24.6 Å². The summed E-state index contributed by atoms with van der Waals surface area (Å²) in [5.41, 5.74) is 0.702. The van der Waals surface area contributed by atoms with Gasteiger partial charge < -0.3 is 4.74 Å². The van der Waals surface area contributed by atoms with Crippen LogP contribution in [0.5, 0.6) is 5.75 Å². The molecular formula is C15H25FO. The van der Waals surface area contributed by atoms with Crippen LogP contribution in [0.1, 0.15) is 46.6 Å². The van der Waals surface area contributed by atoms with Crippen molar-refractivity contribution in [1.82, 2.24) is 0 Å². The Balaban J connectivity index is 0. The summed E-state index contributed by atoms with van der Waals surface area (Å²) in [5, 5.41) is 0. The third-order valence-electron chi connectivity index (χ3n) is 1.65. The summed E-state index contributed by atoms with van der Waals surface area (Å²) in [6.45, 7) is 14.3. The lowest BCUT2D eigenvalue weighted by atomic mass is 10.2. The number of benzene rings is 1. The Bertz CT molecular complexity index is 295. The molecule has 0 amide bonds. The minimum Gasteiger partial charge on any atom is -0.493 e. The lowest BCUT2D eigenvalue weighted by Crippen LogP contribution is -1.96. The predicted molar refractivity (Wildman–Crippen MR) is 75.0 cm³/mol. The van der Waals surface area contributed by atoms with Crippen LogP contribution in [0.4, 0.5) is 4.39 Å². The van der Waals surface area contributed by atoms with E-state index in [1.54, 1.807) is 12.1 Å². The van der Waals surface area contributed by atoms with Crippen molar-refractivity contribution in [2.45, 2.75) is 41.0 Å². The topological polar surface area (TPSA) is 9.23 Å². The summed E-state index contributed by atoms with van der Waals surface area (Å²) < 4.78 is 18.1. The molecule has 17 heavy (non-hydrogen) atoms. The van der Waals surface area contributed by atoms with E-state index in [4.69, 9.17) is 4.74 Å². The number of ether oxygens (including phenoxy) is 1. The van der Waals surface area contributed by atoms with Crippen LogP contribution >= 0.6 is 0 Å². The van der Waals surface area contributed by atoms with Crippen molar-refractivity contribution < 1.29 is 9.13 Å². The van der Waals surface area contributed by atoms with Gasteiger partial charge in [-0.25, -0.2) is 4.39 Å². The molecule has 1 aromatic carbocycles. The highest BCUT2D eigenvalue weighted by atomic mass is 19.1. The van der Waals surface area contributed by atoms with Gasteiger partial charge in [0.1, 0.15) is 11.6 Å². The Hall–Kier alpha value is -1.31. The molecule has 0 saturated heterocycles. The number of halogens is 1. The van der Waals surface area contributed by atoms with Crippen molar-refractivity contribution in [3.63, 3.8) is 0 Å². The van der Waals surface area contributed by atoms with Crippen molar-refractivity contribution >= 4 is 6.08 Å². The van der Waals surface area contributed by atoms with Crippen LogP contribution in [0.2, 0.25) is 0 Å². The SMILES string of the molecule is C=Cc1cc(F)ccc1OCCC.CC.CC. The molecule has 0 aromatic heterocycles. The van der Waals surface area contributed by atoms with Crippen LogP contribution in [0.15, 0.2) is 24.8 Å². The van der Waals surface area contributed by atoms with Gasteiger partial charge in [-0.1, -0.05) is 47.3 Å². The molecule has 0 radical (unpaired) electrons. The summed E-state index contributed by atoms with van der Waals surface area (Å²) in [6, 6.07) is 4.43. The van der Waals surface area contributed by atoms with E-state index in [9.17, 15) is 4.39 Å². The maximum absolute atomic E-state index is 12.8. The Kier molecular flexibility index (Phi) is 13.6. The van der Waals surface area contributed by atoms with Gasteiger partial charge in [0.05, 0.1) is 6.61 Å². The molecule has 0 unspecified atom stereocenters. The second kappa shape index (κ2) is 12.8. The fourth-order valence-electron chi connectivity index (χ4n) is 1.02. The molecule has 0 fully saturated rings. The average Bonchev–Trinajstić information content (AvgIpc) is 2.41. The third-order valence-corrected chi connectivity index (χ3v) is 1.65. The van der Waals surface area contributed by atoms with E-state index in [1.165, 1.54) is 12.1 Å². The zero-order chi connectivity index (χ0) is 13.7. The molecule has 98 valence electrons. The van der Waals surface area contributed by atoms with Gasteiger partial charge in [0.15, 0.2) is 0 Å². The first-order chi connectivity index (χ1) is 8.27. The molecule has 2 heteroatoms. The van der Waals surface area contributed by atoms with Crippen molar-refractivity contribution in [2.75, 3.05) is 6.61 Å². The highest BCUT2D eigenvalue weighted by molar-refractivity contribution is 5.55. The van der Waals surface area contributed by atoms with Crippen LogP contribution in [-0.4, -0.2) is 6.61 Å². The molecule has 0 aliphatic rings. The van der Waals surface area contributed by atoms with Gasteiger partial charge in [-0.3, -0.25) is 0 Å². The van der Waals surface area contributed by atoms with Crippen molar-refractivity contribution in [1.29, 1.82) is 0 Å². The fraction of sp³-hybridized carbons (Fsp3) is 0.467. The minimum atomic E-state index is -0.265. The number of rotatable bonds is 4. The largest absolute Gasteiger partial charge is 0.493 e. The van der Waals surface area contributed by atoms with Gasteiger partial charge in [0, 0.05) is 5.56 Å². The van der Waals surface area contributed by atoms with Crippen molar-refractivity contribution in [3.05, 3.63) is 36.2 Å². The Labute approximate surface area is 105 Å². The predicted octanol–water partition coefficient (Wildman–Crippen LogP) is 5.31. The highest BCUT2D eigenvalue weighted by Crippen LogP contribution is 2.20. The molecule has 0 spiro atoms. The van der Waals surface area contributed by atoms with Gasteiger partial charge in [0.25, 0.3) is 0 Å². The second-order valence-electron chi connectivity index (χ2n) is 2.73. The van der Waals surface area contributed by atoms with E-state index < -0.39 is 0 Å². The Morgan fingerprint density at radius 3 is 2.29 bits per heavy atom. The van der Waals surface area contributed by atoms with Crippen LogP contribution < -0.4 is 4.74 Å². The maximum atomic E-state index is 12.8. The Morgan fingerprint density at radius 2 is 1.82 bits per heavy atom. The molecule has 1 nitrogen and oxygen atoms in total. The summed E-state index contributed by atoms with van der Waals surface area (Å²) in [5.74, 6) is 0.428. The summed E-state index contributed by atoms with van der Waals surface area (Å²) >= 11 is 0. The number of hydrogen-bond donors (Lipinski definition) is 0. The van der Waals surface area contributed by atoms with Crippen LogP contribution in [0.25, 0.3) is 6.08 Å². The normalized spacial score (nSPS) is 8.12. The first kappa shape index (κ1) is 18.1. The molecule has 0 aliphatic carbocycles. The molecule has 0 atom stereocenters. The Morgan fingerprint density at radius 1 is 1.24 bits per heavy atom. The first-order valence-electron chi connectivity index (χ1n) is 6.32.